The number of hydrogen-bond donors (Lipinski definition) is 0. The van der Waals surface area contributed by atoms with E-state index in [0.29, 0.717) is 5.56 Å². The van der Waals surface area contributed by atoms with Gasteiger partial charge < -0.3 is 4.42 Å². The van der Waals surface area contributed by atoms with E-state index >= 15 is 0 Å². The Morgan fingerprint density at radius 2 is 1.71 bits per heavy atom. The van der Waals surface area contributed by atoms with Crippen LogP contribution in [0.4, 0.5) is 0 Å². The summed E-state index contributed by atoms with van der Waals surface area (Å²) in [7, 11) is 0. The highest BCUT2D eigenvalue weighted by Gasteiger charge is 2.08. The van der Waals surface area contributed by atoms with Crippen LogP contribution in [-0.2, 0) is 0 Å². The Kier molecular flexibility index (Phi) is 2.57. The summed E-state index contributed by atoms with van der Waals surface area (Å²) in [6.45, 7) is 0. The summed E-state index contributed by atoms with van der Waals surface area (Å²) in [4.78, 5) is 15.0. The lowest BCUT2D eigenvalue weighted by molar-refractivity contribution is 0.112. The van der Waals surface area contributed by atoms with Crippen molar-refractivity contribution in [3.63, 3.8) is 0 Å². The Balaban J connectivity index is 1.97. The zero-order valence-electron chi connectivity index (χ0n) is 11.1. The molecule has 0 atom stereocenters. The molecule has 3 nitrogen and oxygen atoms in total. The number of carbonyl (C=O) groups is 1. The average Bonchev–Trinajstić information content (AvgIpc) is 2.92. The maximum absolute atomic E-state index is 10.9. The van der Waals surface area contributed by atoms with Crippen molar-refractivity contribution in [3.8, 4) is 11.1 Å². The molecule has 0 unspecified atom stereocenters. The standard InChI is InChI=1S/C18H11NO2/c20-11-12-7-14(10-19-9-12)13-5-6-18-16(8-13)15-3-1-2-4-17(15)21-18/h1-11H. The monoisotopic (exact) mass is 273 g/mol. The highest BCUT2D eigenvalue weighted by atomic mass is 16.3. The predicted octanol–water partition coefficient (Wildman–Crippen LogP) is 4.46. The number of benzene rings is 2. The number of aldehydes is 1. The fourth-order valence-corrected chi connectivity index (χ4v) is 2.59. The molecule has 0 aliphatic heterocycles. The topological polar surface area (TPSA) is 43.1 Å². The van der Waals surface area contributed by atoms with E-state index in [-0.39, 0.29) is 0 Å². The summed E-state index contributed by atoms with van der Waals surface area (Å²) in [5.41, 5.74) is 4.26. The quantitative estimate of drug-likeness (QED) is 0.506. The predicted molar refractivity (Wildman–Crippen MR) is 82.3 cm³/mol. The Morgan fingerprint density at radius 1 is 0.857 bits per heavy atom. The SMILES string of the molecule is O=Cc1cncc(-c2ccc3oc4ccccc4c3c2)c1. The molecule has 0 amide bonds. The van der Waals surface area contributed by atoms with Crippen LogP contribution in [0.5, 0.6) is 0 Å². The van der Waals surface area contributed by atoms with Crippen LogP contribution < -0.4 is 0 Å². The van der Waals surface area contributed by atoms with Gasteiger partial charge in [-0.1, -0.05) is 24.3 Å². The Bertz CT molecular complexity index is 969. The molecule has 4 aromatic rings. The second-order valence-electron chi connectivity index (χ2n) is 4.93. The molecule has 0 saturated heterocycles. The number of carbonyl (C=O) groups excluding carboxylic acids is 1. The van der Waals surface area contributed by atoms with Gasteiger partial charge in [-0.05, 0) is 29.8 Å². The lowest BCUT2D eigenvalue weighted by atomic mass is 10.0. The molecule has 0 fully saturated rings. The molecule has 0 saturated carbocycles. The summed E-state index contributed by atoms with van der Waals surface area (Å²) in [5, 5.41) is 2.16. The molecule has 4 rings (SSSR count). The molecule has 0 aliphatic carbocycles. The third kappa shape index (κ3) is 1.91. The number of aromatic nitrogens is 1. The van der Waals surface area contributed by atoms with E-state index in [0.717, 1.165) is 39.4 Å². The van der Waals surface area contributed by atoms with Gasteiger partial charge in [0.25, 0.3) is 0 Å². The van der Waals surface area contributed by atoms with Crippen LogP contribution in [0.15, 0.2) is 65.3 Å². The first kappa shape index (κ1) is 11.9. The van der Waals surface area contributed by atoms with Crippen LogP contribution in [0.3, 0.4) is 0 Å². The smallest absolute Gasteiger partial charge is 0.151 e. The van der Waals surface area contributed by atoms with Crippen LogP contribution in [-0.4, -0.2) is 11.3 Å². The van der Waals surface area contributed by atoms with Crippen LogP contribution in [0.25, 0.3) is 33.1 Å². The van der Waals surface area contributed by atoms with Gasteiger partial charge >= 0.3 is 0 Å². The van der Waals surface area contributed by atoms with E-state index in [1.165, 1.54) is 0 Å². The van der Waals surface area contributed by atoms with Crippen molar-refractivity contribution in [3.05, 3.63) is 66.5 Å². The average molecular weight is 273 g/mol. The molecule has 0 N–H and O–H groups in total. The summed E-state index contributed by atoms with van der Waals surface area (Å²) in [5.74, 6) is 0. The van der Waals surface area contributed by atoms with E-state index in [4.69, 9.17) is 4.42 Å². The highest BCUT2D eigenvalue weighted by molar-refractivity contribution is 6.06. The molecule has 2 aromatic carbocycles. The number of furan rings is 1. The normalized spacial score (nSPS) is 11.0. The van der Waals surface area contributed by atoms with Crippen molar-refractivity contribution in [1.29, 1.82) is 0 Å². The fraction of sp³-hybridized carbons (Fsp3) is 0. The van der Waals surface area contributed by atoms with Crippen molar-refractivity contribution in [1.82, 2.24) is 4.98 Å². The second kappa shape index (κ2) is 4.56. The second-order valence-corrected chi connectivity index (χ2v) is 4.93. The summed E-state index contributed by atoms with van der Waals surface area (Å²) < 4.78 is 5.82. The first-order valence-electron chi connectivity index (χ1n) is 6.67. The van der Waals surface area contributed by atoms with E-state index in [1.54, 1.807) is 12.4 Å². The Hall–Kier alpha value is -2.94. The first-order chi connectivity index (χ1) is 10.3. The molecule has 0 spiro atoms. The van der Waals surface area contributed by atoms with Gasteiger partial charge in [0, 0.05) is 34.3 Å². The third-order valence-electron chi connectivity index (χ3n) is 3.61. The summed E-state index contributed by atoms with van der Waals surface area (Å²) >= 11 is 0. The molecule has 2 heterocycles. The van der Waals surface area contributed by atoms with Gasteiger partial charge in [-0.2, -0.15) is 0 Å². The van der Waals surface area contributed by atoms with Crippen molar-refractivity contribution in [2.45, 2.75) is 0 Å². The Labute approximate surface area is 120 Å². The van der Waals surface area contributed by atoms with Crippen molar-refractivity contribution in [2.24, 2.45) is 0 Å². The Morgan fingerprint density at radius 3 is 2.62 bits per heavy atom. The molecule has 0 radical (unpaired) electrons. The third-order valence-corrected chi connectivity index (χ3v) is 3.61. The van der Waals surface area contributed by atoms with E-state index in [9.17, 15) is 4.79 Å². The lowest BCUT2D eigenvalue weighted by Crippen LogP contribution is -1.85. The highest BCUT2D eigenvalue weighted by Crippen LogP contribution is 2.32. The van der Waals surface area contributed by atoms with Gasteiger partial charge in [0.1, 0.15) is 11.2 Å². The van der Waals surface area contributed by atoms with Crippen molar-refractivity contribution in [2.75, 3.05) is 0 Å². The number of rotatable bonds is 2. The maximum atomic E-state index is 10.9. The minimum Gasteiger partial charge on any atom is -0.456 e. The van der Waals surface area contributed by atoms with Crippen LogP contribution in [0.1, 0.15) is 10.4 Å². The molecular weight excluding hydrogens is 262 g/mol. The van der Waals surface area contributed by atoms with Gasteiger partial charge in [0.05, 0.1) is 0 Å². The van der Waals surface area contributed by atoms with Crippen LogP contribution in [0.2, 0.25) is 0 Å². The first-order valence-corrected chi connectivity index (χ1v) is 6.67. The minimum absolute atomic E-state index is 0.574. The molecular formula is C18H11NO2. The van der Waals surface area contributed by atoms with Crippen LogP contribution in [0, 0.1) is 0 Å². The van der Waals surface area contributed by atoms with Gasteiger partial charge in [-0.15, -0.1) is 0 Å². The van der Waals surface area contributed by atoms with Crippen LogP contribution >= 0.6 is 0 Å². The van der Waals surface area contributed by atoms with Crippen molar-refractivity contribution >= 4 is 28.2 Å². The number of pyridine rings is 1. The molecule has 3 heteroatoms. The molecule has 21 heavy (non-hydrogen) atoms. The number of nitrogens with zero attached hydrogens (tertiary/aromatic N) is 1. The lowest BCUT2D eigenvalue weighted by Gasteiger charge is -2.02. The molecule has 0 bridgehead atoms. The number of hydrogen-bond acceptors (Lipinski definition) is 3. The zero-order valence-corrected chi connectivity index (χ0v) is 11.1. The molecule has 0 aliphatic rings. The summed E-state index contributed by atoms with van der Waals surface area (Å²) in [6, 6.07) is 15.8. The van der Waals surface area contributed by atoms with Gasteiger partial charge in [0.2, 0.25) is 0 Å². The van der Waals surface area contributed by atoms with Gasteiger partial charge in [-0.3, -0.25) is 9.78 Å². The number of fused-ring (bicyclic) bond motifs is 3. The minimum atomic E-state index is 0.574. The zero-order chi connectivity index (χ0) is 14.2. The van der Waals surface area contributed by atoms with E-state index < -0.39 is 0 Å². The van der Waals surface area contributed by atoms with E-state index in [2.05, 4.69) is 11.1 Å². The fourth-order valence-electron chi connectivity index (χ4n) is 2.59. The summed E-state index contributed by atoms with van der Waals surface area (Å²) in [6.07, 6.45) is 4.13. The van der Waals surface area contributed by atoms with Gasteiger partial charge in [0.15, 0.2) is 6.29 Å². The van der Waals surface area contributed by atoms with E-state index in [1.807, 2.05) is 42.5 Å². The molecule has 100 valence electrons. The van der Waals surface area contributed by atoms with Gasteiger partial charge in [-0.25, -0.2) is 0 Å². The number of para-hydroxylation sites is 1. The molecule has 2 aromatic heterocycles. The maximum Gasteiger partial charge on any atom is 0.151 e. The van der Waals surface area contributed by atoms with Crippen molar-refractivity contribution < 1.29 is 9.21 Å². The largest absolute Gasteiger partial charge is 0.456 e.